The summed E-state index contributed by atoms with van der Waals surface area (Å²) in [5.74, 6) is 0.752. The van der Waals surface area contributed by atoms with Crippen LogP contribution in [0.3, 0.4) is 0 Å². The lowest BCUT2D eigenvalue weighted by Gasteiger charge is -2.16. The number of halogens is 1. The summed E-state index contributed by atoms with van der Waals surface area (Å²) >= 11 is 6.00. The first kappa shape index (κ1) is 20.4. The van der Waals surface area contributed by atoms with Crippen molar-refractivity contribution in [1.82, 2.24) is 9.66 Å². The Morgan fingerprint density at radius 1 is 0.968 bits per heavy atom. The molecule has 1 heterocycles. The molecule has 4 rings (SSSR count). The molecule has 0 saturated heterocycles. The molecule has 0 unspecified atom stereocenters. The fourth-order valence-corrected chi connectivity index (χ4v) is 3.39. The predicted molar refractivity (Wildman–Crippen MR) is 120 cm³/mol. The number of rotatable bonds is 5. The normalized spacial score (nSPS) is 10.7. The Labute approximate surface area is 182 Å². The summed E-state index contributed by atoms with van der Waals surface area (Å²) in [5.41, 5.74) is 3.62. The first-order valence-electron chi connectivity index (χ1n) is 9.33. The van der Waals surface area contributed by atoms with Gasteiger partial charge in [-0.1, -0.05) is 29.8 Å². The lowest BCUT2D eigenvalue weighted by Crippen LogP contribution is -2.35. The van der Waals surface area contributed by atoms with Crippen molar-refractivity contribution in [3.63, 3.8) is 0 Å². The lowest BCUT2D eigenvalue weighted by molar-refractivity contribution is 0.101. The van der Waals surface area contributed by atoms with E-state index in [9.17, 15) is 9.59 Å². The summed E-state index contributed by atoms with van der Waals surface area (Å²) in [6.07, 6.45) is 0. The number of methoxy groups -OCH3 is 2. The largest absolute Gasteiger partial charge is 0.493 e. The highest BCUT2D eigenvalue weighted by molar-refractivity contribution is 6.31. The molecule has 1 aromatic heterocycles. The van der Waals surface area contributed by atoms with Gasteiger partial charge in [0.1, 0.15) is 0 Å². The number of fused-ring (bicyclic) bond motifs is 1. The maximum Gasteiger partial charge on any atom is 0.280 e. The van der Waals surface area contributed by atoms with E-state index in [0.717, 1.165) is 4.68 Å². The number of amides is 1. The predicted octanol–water partition coefficient (Wildman–Crippen LogP) is 4.12. The highest BCUT2D eigenvalue weighted by atomic mass is 35.5. The van der Waals surface area contributed by atoms with Gasteiger partial charge in [-0.3, -0.25) is 15.0 Å². The minimum absolute atomic E-state index is 0.250. The lowest BCUT2D eigenvalue weighted by atomic mass is 10.1. The van der Waals surface area contributed by atoms with Crippen LogP contribution in [-0.4, -0.2) is 29.8 Å². The summed E-state index contributed by atoms with van der Waals surface area (Å²) in [5, 5.41) is 0.787. The molecule has 156 valence electrons. The van der Waals surface area contributed by atoms with Gasteiger partial charge in [-0.2, -0.15) is 4.68 Å². The van der Waals surface area contributed by atoms with Gasteiger partial charge >= 0.3 is 0 Å². The van der Waals surface area contributed by atoms with Crippen LogP contribution in [0, 0.1) is 0 Å². The van der Waals surface area contributed by atoms with Crippen molar-refractivity contribution in [3.8, 4) is 22.9 Å². The molecule has 1 N–H and O–H groups in total. The third kappa shape index (κ3) is 3.95. The van der Waals surface area contributed by atoms with Gasteiger partial charge in [-0.25, -0.2) is 4.98 Å². The van der Waals surface area contributed by atoms with Gasteiger partial charge in [0.25, 0.3) is 11.5 Å². The molecule has 0 aliphatic carbocycles. The number of hydrogen-bond donors (Lipinski definition) is 1. The summed E-state index contributed by atoms with van der Waals surface area (Å²) in [6.45, 7) is 0. The second-order valence-corrected chi connectivity index (χ2v) is 7.05. The summed E-state index contributed by atoms with van der Waals surface area (Å²) in [4.78, 5) is 30.7. The molecule has 4 aromatic rings. The van der Waals surface area contributed by atoms with Crippen molar-refractivity contribution in [3.05, 3.63) is 87.7 Å². The van der Waals surface area contributed by atoms with E-state index in [-0.39, 0.29) is 5.82 Å². The first-order valence-corrected chi connectivity index (χ1v) is 9.70. The number of aromatic nitrogens is 2. The van der Waals surface area contributed by atoms with Gasteiger partial charge in [0, 0.05) is 16.1 Å². The number of nitrogens with zero attached hydrogens (tertiary/aromatic N) is 2. The minimum Gasteiger partial charge on any atom is -0.493 e. The molecule has 1 amide bonds. The smallest absolute Gasteiger partial charge is 0.280 e. The van der Waals surface area contributed by atoms with Crippen LogP contribution in [0.2, 0.25) is 5.02 Å². The zero-order valence-electron chi connectivity index (χ0n) is 16.8. The maximum atomic E-state index is 13.3. The molecule has 8 heteroatoms. The van der Waals surface area contributed by atoms with Crippen molar-refractivity contribution in [1.29, 1.82) is 0 Å². The molecule has 0 fully saturated rings. The van der Waals surface area contributed by atoms with E-state index >= 15 is 0 Å². The molecule has 31 heavy (non-hydrogen) atoms. The van der Waals surface area contributed by atoms with E-state index in [0.29, 0.717) is 38.6 Å². The standard InChI is InChI=1S/C23H18ClN3O4/c1-30-19-11-10-14(13-20(19)31-2)21-25-18-9-4-3-8-17(18)23(29)27(21)26-22(28)15-6-5-7-16(24)12-15/h3-13H,1-2H3,(H,26,28). The van der Waals surface area contributed by atoms with Gasteiger partial charge in [0.05, 0.1) is 25.1 Å². The van der Waals surface area contributed by atoms with Crippen LogP contribution < -0.4 is 20.5 Å². The van der Waals surface area contributed by atoms with E-state index in [1.807, 2.05) is 0 Å². The van der Waals surface area contributed by atoms with Crippen LogP contribution in [-0.2, 0) is 0 Å². The Balaban J connectivity index is 1.90. The van der Waals surface area contributed by atoms with Gasteiger partial charge < -0.3 is 9.47 Å². The van der Waals surface area contributed by atoms with Crippen molar-refractivity contribution < 1.29 is 14.3 Å². The van der Waals surface area contributed by atoms with Crippen molar-refractivity contribution >= 4 is 28.4 Å². The van der Waals surface area contributed by atoms with Crippen LogP contribution in [0.4, 0.5) is 0 Å². The van der Waals surface area contributed by atoms with Crippen molar-refractivity contribution in [2.24, 2.45) is 0 Å². The molecular weight excluding hydrogens is 418 g/mol. The van der Waals surface area contributed by atoms with E-state index in [1.54, 1.807) is 60.7 Å². The van der Waals surface area contributed by atoms with Crippen LogP contribution in [0.5, 0.6) is 11.5 Å². The van der Waals surface area contributed by atoms with Gasteiger partial charge in [-0.15, -0.1) is 0 Å². The average molecular weight is 436 g/mol. The summed E-state index contributed by atoms with van der Waals surface area (Å²) in [6, 6.07) is 18.5. The maximum absolute atomic E-state index is 13.3. The fraction of sp³-hybridized carbons (Fsp3) is 0.0870. The summed E-state index contributed by atoms with van der Waals surface area (Å²) in [7, 11) is 3.05. The monoisotopic (exact) mass is 435 g/mol. The molecule has 0 radical (unpaired) electrons. The number of ether oxygens (including phenoxy) is 2. The number of para-hydroxylation sites is 1. The molecule has 7 nitrogen and oxygen atoms in total. The topological polar surface area (TPSA) is 82.5 Å². The third-order valence-corrected chi connectivity index (χ3v) is 4.95. The highest BCUT2D eigenvalue weighted by Gasteiger charge is 2.17. The second-order valence-electron chi connectivity index (χ2n) is 6.61. The molecule has 0 aliphatic rings. The Hall–Kier alpha value is -3.84. The van der Waals surface area contributed by atoms with E-state index in [4.69, 9.17) is 21.1 Å². The van der Waals surface area contributed by atoms with Gasteiger partial charge in [0.2, 0.25) is 0 Å². The van der Waals surface area contributed by atoms with E-state index in [1.165, 1.54) is 20.3 Å². The summed E-state index contributed by atoms with van der Waals surface area (Å²) < 4.78 is 11.8. The molecule has 0 atom stereocenters. The number of carbonyl (C=O) groups excluding carboxylic acids is 1. The van der Waals surface area contributed by atoms with Crippen molar-refractivity contribution in [2.45, 2.75) is 0 Å². The molecule has 0 aliphatic heterocycles. The quantitative estimate of drug-likeness (QED) is 0.510. The second kappa shape index (κ2) is 8.49. The Morgan fingerprint density at radius 3 is 2.48 bits per heavy atom. The number of carbonyl (C=O) groups is 1. The fourth-order valence-electron chi connectivity index (χ4n) is 3.20. The van der Waals surface area contributed by atoms with Crippen molar-refractivity contribution in [2.75, 3.05) is 19.6 Å². The Bertz CT molecular complexity index is 1350. The molecule has 0 spiro atoms. The van der Waals surface area contributed by atoms with Crippen LogP contribution in [0.25, 0.3) is 22.3 Å². The average Bonchev–Trinajstić information content (AvgIpc) is 2.80. The van der Waals surface area contributed by atoms with Crippen LogP contribution >= 0.6 is 11.6 Å². The number of hydrogen-bond acceptors (Lipinski definition) is 5. The Kier molecular flexibility index (Phi) is 5.60. The molecular formula is C23H18ClN3O4. The van der Waals surface area contributed by atoms with Gasteiger partial charge in [0.15, 0.2) is 17.3 Å². The van der Waals surface area contributed by atoms with Crippen LogP contribution in [0.1, 0.15) is 10.4 Å². The SMILES string of the molecule is COc1ccc(-c2nc3ccccc3c(=O)n2NC(=O)c2cccc(Cl)c2)cc1OC. The zero-order chi connectivity index (χ0) is 22.0. The molecule has 3 aromatic carbocycles. The Morgan fingerprint density at radius 2 is 1.74 bits per heavy atom. The highest BCUT2D eigenvalue weighted by Crippen LogP contribution is 2.31. The van der Waals surface area contributed by atoms with Gasteiger partial charge in [-0.05, 0) is 48.5 Å². The number of benzene rings is 3. The van der Waals surface area contributed by atoms with Crippen LogP contribution in [0.15, 0.2) is 71.5 Å². The minimum atomic E-state index is -0.497. The van der Waals surface area contributed by atoms with E-state index in [2.05, 4.69) is 10.4 Å². The zero-order valence-corrected chi connectivity index (χ0v) is 17.5. The third-order valence-electron chi connectivity index (χ3n) is 4.72. The molecule has 0 bridgehead atoms. The molecule has 0 saturated carbocycles. The van der Waals surface area contributed by atoms with E-state index < -0.39 is 11.5 Å². The number of nitrogens with one attached hydrogen (secondary N) is 1. The first-order chi connectivity index (χ1) is 15.0.